The van der Waals surface area contributed by atoms with Gasteiger partial charge in [0.2, 0.25) is 0 Å². The van der Waals surface area contributed by atoms with Crippen molar-refractivity contribution in [3.8, 4) is 0 Å². The molecule has 5 aromatic rings. The summed E-state index contributed by atoms with van der Waals surface area (Å²) in [6.07, 6.45) is 0. The first-order chi connectivity index (χ1) is 12.9. The molecule has 5 rings (SSSR count). The molecule has 0 unspecified atom stereocenters. The number of carboxylic acids is 1. The number of hydrogen-bond donors (Lipinski definition) is 1. The van der Waals surface area contributed by atoms with Crippen LogP contribution in [0.15, 0.2) is 51.4 Å². The molecule has 2 aromatic heterocycles. The van der Waals surface area contributed by atoms with Crippen LogP contribution >= 0.6 is 31.9 Å². The fourth-order valence-corrected chi connectivity index (χ4v) is 4.97. The lowest BCUT2D eigenvalue weighted by Gasteiger charge is -2.07. The summed E-state index contributed by atoms with van der Waals surface area (Å²) in [5.74, 6) is -0.916. The highest BCUT2D eigenvalue weighted by molar-refractivity contribution is 9.10. The second-order valence-electron chi connectivity index (χ2n) is 6.79. The van der Waals surface area contributed by atoms with Crippen LogP contribution in [0.3, 0.4) is 0 Å². The van der Waals surface area contributed by atoms with Gasteiger partial charge < -0.3 is 14.2 Å². The van der Waals surface area contributed by atoms with E-state index in [1.165, 1.54) is 0 Å². The Morgan fingerprint density at radius 3 is 1.63 bits per heavy atom. The number of aromatic carboxylic acids is 1. The summed E-state index contributed by atoms with van der Waals surface area (Å²) in [5.41, 5.74) is 3.85. The summed E-state index contributed by atoms with van der Waals surface area (Å²) < 4.78 is 5.90. The number of carboxylic acid groups (broad SMARTS) is 1. The highest BCUT2D eigenvalue weighted by Crippen LogP contribution is 2.40. The second kappa shape index (κ2) is 5.59. The molecule has 0 fully saturated rings. The zero-order valence-electron chi connectivity index (χ0n) is 14.5. The lowest BCUT2D eigenvalue weighted by atomic mass is 10.0. The molecule has 2 heterocycles. The van der Waals surface area contributed by atoms with E-state index in [1.54, 1.807) is 0 Å². The topological polar surface area (TPSA) is 47.2 Å². The van der Waals surface area contributed by atoms with Gasteiger partial charge in [0.1, 0.15) is 5.56 Å². The van der Waals surface area contributed by atoms with Gasteiger partial charge in [0.05, 0.1) is 11.0 Å². The Bertz CT molecular complexity index is 1340. The van der Waals surface area contributed by atoms with E-state index in [-0.39, 0.29) is 0 Å². The van der Waals surface area contributed by atoms with Gasteiger partial charge in [0, 0.05) is 55.6 Å². The van der Waals surface area contributed by atoms with Crippen LogP contribution in [0.5, 0.6) is 0 Å². The molecule has 27 heavy (non-hydrogen) atoms. The third-order valence-corrected chi connectivity index (χ3v) is 6.36. The molecule has 0 radical (unpaired) electrons. The maximum atomic E-state index is 12.4. The lowest BCUT2D eigenvalue weighted by Crippen LogP contribution is -2.04. The van der Waals surface area contributed by atoms with Crippen molar-refractivity contribution in [3.63, 3.8) is 0 Å². The Hall–Kier alpha value is -2.31. The van der Waals surface area contributed by atoms with Crippen molar-refractivity contribution in [2.24, 2.45) is 14.1 Å². The average molecular weight is 486 g/mol. The molecule has 1 N–H and O–H groups in total. The summed E-state index contributed by atoms with van der Waals surface area (Å²) in [6.45, 7) is 0. The minimum absolute atomic E-state index is 0.340. The molecule has 0 spiro atoms. The highest BCUT2D eigenvalue weighted by Gasteiger charge is 2.24. The standard InChI is InChI=1S/C21H14Br2N2O2/c1-24-16-5-3-10(22)7-12(16)14-9-15-13-8-11(23)4-6-17(13)25(2)20(15)18(19(14)24)21(26)27/h3-9H,1-2H3,(H,26,27). The SMILES string of the molecule is Cn1c2ccc(Br)cc2c2cc3c4cc(Br)ccc4n(C)c3c(C(=O)O)c21. The number of rotatable bonds is 1. The van der Waals surface area contributed by atoms with Crippen LogP contribution < -0.4 is 0 Å². The normalized spacial score (nSPS) is 12.0. The van der Waals surface area contributed by atoms with Crippen molar-refractivity contribution in [2.75, 3.05) is 0 Å². The summed E-state index contributed by atoms with van der Waals surface area (Å²) in [4.78, 5) is 12.4. The number of aromatic nitrogens is 2. The first-order valence-electron chi connectivity index (χ1n) is 8.40. The molecule has 3 aromatic carbocycles. The Labute approximate surface area is 171 Å². The fourth-order valence-electron chi connectivity index (χ4n) is 4.25. The molecule has 0 bridgehead atoms. The predicted molar refractivity (Wildman–Crippen MR) is 117 cm³/mol. The number of nitrogens with zero attached hydrogens (tertiary/aromatic N) is 2. The van der Waals surface area contributed by atoms with Crippen molar-refractivity contribution >= 4 is 81.4 Å². The predicted octanol–water partition coefficient (Wildman–Crippen LogP) is 6.20. The van der Waals surface area contributed by atoms with Gasteiger partial charge in [-0.15, -0.1) is 0 Å². The third kappa shape index (κ3) is 2.17. The summed E-state index contributed by atoms with van der Waals surface area (Å²) in [6, 6.07) is 14.2. The van der Waals surface area contributed by atoms with E-state index in [1.807, 2.05) is 47.5 Å². The molecule has 6 heteroatoms. The number of halogens is 2. The van der Waals surface area contributed by atoms with Crippen molar-refractivity contribution in [2.45, 2.75) is 0 Å². The molecule has 0 saturated heterocycles. The zero-order chi connectivity index (χ0) is 19.0. The number of hydrogen-bond acceptors (Lipinski definition) is 1. The first kappa shape index (κ1) is 16.8. The molecule has 0 aliphatic heterocycles. The molecule has 0 saturated carbocycles. The van der Waals surface area contributed by atoms with Gasteiger partial charge >= 0.3 is 5.97 Å². The fraction of sp³-hybridized carbons (Fsp3) is 0.0952. The Morgan fingerprint density at radius 1 is 0.778 bits per heavy atom. The average Bonchev–Trinajstić information content (AvgIpc) is 3.06. The van der Waals surface area contributed by atoms with Crippen LogP contribution in [0, 0.1) is 0 Å². The zero-order valence-corrected chi connectivity index (χ0v) is 17.7. The van der Waals surface area contributed by atoms with Crippen LogP contribution in [0.25, 0.3) is 43.6 Å². The largest absolute Gasteiger partial charge is 0.478 e. The van der Waals surface area contributed by atoms with Crippen molar-refractivity contribution < 1.29 is 9.90 Å². The summed E-state index contributed by atoms with van der Waals surface area (Å²) in [5, 5.41) is 14.1. The molecular formula is C21H14Br2N2O2. The van der Waals surface area contributed by atoms with E-state index in [0.717, 1.165) is 52.6 Å². The smallest absolute Gasteiger partial charge is 0.340 e. The van der Waals surface area contributed by atoms with Crippen LogP contribution in [0.2, 0.25) is 0 Å². The molecule has 0 aliphatic carbocycles. The quantitative estimate of drug-likeness (QED) is 0.307. The molecule has 0 atom stereocenters. The highest BCUT2D eigenvalue weighted by atomic mass is 79.9. The van der Waals surface area contributed by atoms with E-state index < -0.39 is 5.97 Å². The van der Waals surface area contributed by atoms with Crippen LogP contribution in [0.1, 0.15) is 10.4 Å². The monoisotopic (exact) mass is 484 g/mol. The van der Waals surface area contributed by atoms with E-state index in [4.69, 9.17) is 0 Å². The number of aryl methyl sites for hydroxylation is 2. The molecular weight excluding hydrogens is 472 g/mol. The molecule has 0 aliphatic rings. The van der Waals surface area contributed by atoms with Gasteiger partial charge in [0.25, 0.3) is 0 Å². The minimum Gasteiger partial charge on any atom is -0.478 e. The van der Waals surface area contributed by atoms with Gasteiger partial charge in [-0.25, -0.2) is 4.79 Å². The van der Waals surface area contributed by atoms with Gasteiger partial charge in [-0.3, -0.25) is 0 Å². The van der Waals surface area contributed by atoms with Gasteiger partial charge in [-0.05, 0) is 42.5 Å². The Kier molecular flexibility index (Phi) is 3.49. The lowest BCUT2D eigenvalue weighted by molar-refractivity contribution is 0.0700. The van der Waals surface area contributed by atoms with E-state index in [2.05, 4.69) is 50.1 Å². The maximum absolute atomic E-state index is 12.4. The minimum atomic E-state index is -0.916. The number of benzene rings is 3. The van der Waals surface area contributed by atoms with Crippen molar-refractivity contribution in [3.05, 3.63) is 57.0 Å². The first-order valence-corrected chi connectivity index (χ1v) is 9.98. The van der Waals surface area contributed by atoms with Crippen LogP contribution in [0.4, 0.5) is 0 Å². The summed E-state index contributed by atoms with van der Waals surface area (Å²) >= 11 is 7.08. The molecule has 134 valence electrons. The van der Waals surface area contributed by atoms with Gasteiger partial charge in [-0.1, -0.05) is 31.9 Å². The Balaban J connectivity index is 2.16. The number of fused-ring (bicyclic) bond motifs is 6. The van der Waals surface area contributed by atoms with Crippen LogP contribution in [-0.4, -0.2) is 20.2 Å². The number of carbonyl (C=O) groups is 1. The van der Waals surface area contributed by atoms with Crippen molar-refractivity contribution in [1.82, 2.24) is 9.13 Å². The molecule has 4 nitrogen and oxygen atoms in total. The summed E-state index contributed by atoms with van der Waals surface area (Å²) in [7, 11) is 3.85. The van der Waals surface area contributed by atoms with Crippen LogP contribution in [-0.2, 0) is 14.1 Å². The van der Waals surface area contributed by atoms with Gasteiger partial charge in [-0.2, -0.15) is 0 Å². The third-order valence-electron chi connectivity index (χ3n) is 5.38. The van der Waals surface area contributed by atoms with E-state index in [9.17, 15) is 9.90 Å². The maximum Gasteiger partial charge on any atom is 0.340 e. The second-order valence-corrected chi connectivity index (χ2v) is 8.62. The van der Waals surface area contributed by atoms with E-state index in [0.29, 0.717) is 5.56 Å². The van der Waals surface area contributed by atoms with E-state index >= 15 is 0 Å². The van der Waals surface area contributed by atoms with Gasteiger partial charge in [0.15, 0.2) is 0 Å². The Morgan fingerprint density at radius 2 is 1.22 bits per heavy atom. The molecule has 0 amide bonds. The van der Waals surface area contributed by atoms with Crippen molar-refractivity contribution in [1.29, 1.82) is 0 Å².